The highest BCUT2D eigenvalue weighted by Crippen LogP contribution is 2.12. The number of guanidine groups is 1. The lowest BCUT2D eigenvalue weighted by molar-refractivity contribution is -0.127. The van der Waals surface area contributed by atoms with Crippen LogP contribution in [0.5, 0.6) is 0 Å². The van der Waals surface area contributed by atoms with E-state index >= 15 is 0 Å². The first-order valence-corrected chi connectivity index (χ1v) is 9.41. The fourth-order valence-electron chi connectivity index (χ4n) is 2.71. The molecule has 28 heavy (non-hydrogen) atoms. The van der Waals surface area contributed by atoms with E-state index in [-0.39, 0.29) is 36.4 Å². The van der Waals surface area contributed by atoms with Crippen molar-refractivity contribution in [3.63, 3.8) is 0 Å². The summed E-state index contributed by atoms with van der Waals surface area (Å²) >= 11 is 0. The molecular weight excluding hydrogens is 475 g/mol. The number of amides is 1. The zero-order chi connectivity index (χ0) is 19.6. The van der Waals surface area contributed by atoms with E-state index in [1.54, 1.807) is 19.0 Å². The van der Waals surface area contributed by atoms with Crippen molar-refractivity contribution < 1.29 is 14.1 Å². The molecule has 1 fully saturated rings. The number of carbonyl (C=O) groups is 1. The van der Waals surface area contributed by atoms with E-state index in [2.05, 4.69) is 25.7 Å². The van der Waals surface area contributed by atoms with E-state index in [1.165, 1.54) is 0 Å². The van der Waals surface area contributed by atoms with Crippen LogP contribution in [-0.2, 0) is 16.1 Å². The van der Waals surface area contributed by atoms with Crippen molar-refractivity contribution in [3.8, 4) is 0 Å². The summed E-state index contributed by atoms with van der Waals surface area (Å²) in [6, 6.07) is 0. The number of hydrogen-bond acceptors (Lipinski definition) is 6. The third kappa shape index (κ3) is 8.31. The van der Waals surface area contributed by atoms with E-state index in [0.717, 1.165) is 62.8 Å². The van der Waals surface area contributed by atoms with Gasteiger partial charge in [0.25, 0.3) is 0 Å². The van der Waals surface area contributed by atoms with Crippen molar-refractivity contribution in [1.29, 1.82) is 0 Å². The van der Waals surface area contributed by atoms with E-state index < -0.39 is 0 Å². The van der Waals surface area contributed by atoms with Gasteiger partial charge in [0.15, 0.2) is 5.96 Å². The molecule has 160 valence electrons. The third-order valence-electron chi connectivity index (χ3n) is 4.53. The van der Waals surface area contributed by atoms with Crippen LogP contribution in [0.15, 0.2) is 9.52 Å². The molecule has 0 spiro atoms. The summed E-state index contributed by atoms with van der Waals surface area (Å²) < 4.78 is 10.6. The predicted octanol–water partition coefficient (Wildman–Crippen LogP) is 0.755. The zero-order valence-electron chi connectivity index (χ0n) is 17.3. The van der Waals surface area contributed by atoms with E-state index in [4.69, 9.17) is 9.26 Å². The van der Waals surface area contributed by atoms with Gasteiger partial charge in [-0.15, -0.1) is 24.0 Å². The Morgan fingerprint density at radius 2 is 1.96 bits per heavy atom. The number of ether oxygens (including phenoxy) is 1. The Labute approximate surface area is 184 Å². The Bertz CT molecular complexity index is 609. The van der Waals surface area contributed by atoms with Gasteiger partial charge in [-0.25, -0.2) is 4.99 Å². The van der Waals surface area contributed by atoms with Crippen LogP contribution in [0.3, 0.4) is 0 Å². The van der Waals surface area contributed by atoms with Gasteiger partial charge in [0.05, 0.1) is 32.0 Å². The first-order chi connectivity index (χ1) is 13.0. The fraction of sp³-hybridized carbons (Fsp3) is 0.722. The highest BCUT2D eigenvalue weighted by molar-refractivity contribution is 14.0. The third-order valence-corrected chi connectivity index (χ3v) is 4.53. The number of carbonyl (C=O) groups excluding carboxylic acids is 1. The van der Waals surface area contributed by atoms with Crippen molar-refractivity contribution in [2.45, 2.75) is 26.8 Å². The Morgan fingerprint density at radius 1 is 1.25 bits per heavy atom. The van der Waals surface area contributed by atoms with Crippen LogP contribution in [-0.4, -0.2) is 86.9 Å². The number of likely N-dealkylation sites (N-methyl/N-ethyl adjacent to an activating group) is 1. The molecule has 0 atom stereocenters. The standard InChI is InChI=1S/C18H32N6O3.HI/c1-14-16(15(2)27-22-14)12-20-18(21-13-17(25)23(3)4)19-6-5-7-24-8-10-26-11-9-24;/h5-13H2,1-4H3,(H2,19,20,21);1H. The maximum atomic E-state index is 11.9. The molecule has 1 aliphatic rings. The zero-order valence-corrected chi connectivity index (χ0v) is 19.6. The van der Waals surface area contributed by atoms with Crippen LogP contribution in [0.1, 0.15) is 23.4 Å². The summed E-state index contributed by atoms with van der Waals surface area (Å²) in [6.07, 6.45) is 0.994. The number of nitrogens with one attached hydrogen (secondary N) is 2. The first-order valence-electron chi connectivity index (χ1n) is 9.41. The van der Waals surface area contributed by atoms with Crippen molar-refractivity contribution in [1.82, 2.24) is 25.6 Å². The first kappa shape index (κ1) is 24.6. The molecule has 0 radical (unpaired) electrons. The maximum absolute atomic E-state index is 11.9. The van der Waals surface area contributed by atoms with Crippen LogP contribution in [0.25, 0.3) is 0 Å². The normalized spacial score (nSPS) is 15.1. The predicted molar refractivity (Wildman–Crippen MR) is 119 cm³/mol. The average molecular weight is 508 g/mol. The van der Waals surface area contributed by atoms with Gasteiger partial charge in [-0.05, 0) is 26.8 Å². The highest BCUT2D eigenvalue weighted by atomic mass is 127. The fourth-order valence-corrected chi connectivity index (χ4v) is 2.71. The minimum absolute atomic E-state index is 0. The van der Waals surface area contributed by atoms with Gasteiger partial charge < -0.3 is 24.8 Å². The quantitative estimate of drug-likeness (QED) is 0.232. The second-order valence-electron chi connectivity index (χ2n) is 6.84. The minimum atomic E-state index is -0.00449. The van der Waals surface area contributed by atoms with Crippen LogP contribution in [0.2, 0.25) is 0 Å². The molecule has 10 heteroatoms. The Kier molecular flexibility index (Phi) is 11.4. The van der Waals surface area contributed by atoms with E-state index in [1.807, 2.05) is 13.8 Å². The molecule has 0 saturated carbocycles. The number of morpholine rings is 1. The lowest BCUT2D eigenvalue weighted by Crippen LogP contribution is -2.44. The number of aryl methyl sites for hydroxylation is 2. The molecule has 1 saturated heterocycles. The minimum Gasteiger partial charge on any atom is -0.379 e. The van der Waals surface area contributed by atoms with Crippen molar-refractivity contribution in [2.24, 2.45) is 4.99 Å². The summed E-state index contributed by atoms with van der Waals surface area (Å²) in [6.45, 7) is 9.83. The smallest absolute Gasteiger partial charge is 0.241 e. The lowest BCUT2D eigenvalue weighted by atomic mass is 10.2. The van der Waals surface area contributed by atoms with Crippen molar-refractivity contribution in [2.75, 3.05) is 60.0 Å². The number of halogens is 1. The highest BCUT2D eigenvalue weighted by Gasteiger charge is 2.11. The second-order valence-corrected chi connectivity index (χ2v) is 6.84. The van der Waals surface area contributed by atoms with Crippen LogP contribution in [0.4, 0.5) is 0 Å². The summed E-state index contributed by atoms with van der Waals surface area (Å²) in [5.74, 6) is 1.38. The summed E-state index contributed by atoms with van der Waals surface area (Å²) in [5, 5.41) is 10.4. The summed E-state index contributed by atoms with van der Waals surface area (Å²) in [7, 11) is 3.47. The van der Waals surface area contributed by atoms with Gasteiger partial charge in [0.2, 0.25) is 5.91 Å². The van der Waals surface area contributed by atoms with Gasteiger partial charge in [-0.1, -0.05) is 5.16 Å². The van der Waals surface area contributed by atoms with Gasteiger partial charge >= 0.3 is 0 Å². The molecule has 2 rings (SSSR count). The van der Waals surface area contributed by atoms with Crippen LogP contribution in [0, 0.1) is 13.8 Å². The monoisotopic (exact) mass is 508 g/mol. The summed E-state index contributed by atoms with van der Waals surface area (Å²) in [5.41, 5.74) is 1.82. The largest absolute Gasteiger partial charge is 0.379 e. The maximum Gasteiger partial charge on any atom is 0.241 e. The molecule has 2 heterocycles. The molecule has 0 bridgehead atoms. The Balaban J connectivity index is 0.00000392. The molecule has 2 N–H and O–H groups in total. The SMILES string of the molecule is Cc1noc(C)c1CN=C(NCCCN1CCOCC1)NCC(=O)N(C)C.I. The molecule has 1 aromatic rings. The molecular formula is C18H33IN6O3. The number of hydrogen-bond donors (Lipinski definition) is 2. The van der Waals surface area contributed by atoms with Gasteiger partial charge in [-0.3, -0.25) is 9.69 Å². The number of aliphatic imine (C=N–C) groups is 1. The molecule has 1 amide bonds. The Hall–Kier alpha value is -1.40. The average Bonchev–Trinajstić information content (AvgIpc) is 2.98. The van der Waals surface area contributed by atoms with Crippen molar-refractivity contribution in [3.05, 3.63) is 17.0 Å². The van der Waals surface area contributed by atoms with Gasteiger partial charge in [0, 0.05) is 39.3 Å². The Morgan fingerprint density at radius 3 is 2.57 bits per heavy atom. The molecule has 0 aliphatic carbocycles. The molecule has 1 aliphatic heterocycles. The number of rotatable bonds is 8. The molecule has 9 nitrogen and oxygen atoms in total. The second kappa shape index (κ2) is 12.9. The van der Waals surface area contributed by atoms with E-state index in [9.17, 15) is 4.79 Å². The number of aromatic nitrogens is 1. The summed E-state index contributed by atoms with van der Waals surface area (Å²) in [4.78, 5) is 20.4. The van der Waals surface area contributed by atoms with Crippen LogP contribution < -0.4 is 10.6 Å². The van der Waals surface area contributed by atoms with E-state index in [0.29, 0.717) is 12.5 Å². The molecule has 0 unspecified atom stereocenters. The molecule has 1 aromatic heterocycles. The lowest BCUT2D eigenvalue weighted by Gasteiger charge is -2.26. The van der Waals surface area contributed by atoms with Gasteiger partial charge in [-0.2, -0.15) is 0 Å². The van der Waals surface area contributed by atoms with Crippen LogP contribution >= 0.6 is 24.0 Å². The molecule has 0 aromatic carbocycles. The topological polar surface area (TPSA) is 95.2 Å². The van der Waals surface area contributed by atoms with Gasteiger partial charge in [0.1, 0.15) is 5.76 Å². The number of nitrogens with zero attached hydrogens (tertiary/aromatic N) is 4. The van der Waals surface area contributed by atoms with Crippen molar-refractivity contribution >= 4 is 35.8 Å².